The van der Waals surface area contributed by atoms with Crippen LogP contribution in [0.2, 0.25) is 0 Å². The van der Waals surface area contributed by atoms with Crippen molar-refractivity contribution in [2.24, 2.45) is 0 Å². The fraction of sp³-hybridized carbons (Fsp3) is 0.368. The van der Waals surface area contributed by atoms with Gasteiger partial charge in [0.15, 0.2) is 0 Å². The standard InChI is InChI=1S/C19H22N6O2/c1-24(2)15-6-4-13(5-7-15)17-22-23-18(27-17)14-9-11-25(12-14)19-20-10-8-16(21-19)26-3/h4-8,10,14H,9,11-12H2,1-3H3. The molecule has 0 spiro atoms. The van der Waals surface area contributed by atoms with Gasteiger partial charge in [-0.1, -0.05) is 0 Å². The summed E-state index contributed by atoms with van der Waals surface area (Å²) in [5, 5.41) is 8.51. The third-order valence-corrected chi connectivity index (χ3v) is 4.72. The molecule has 0 amide bonds. The van der Waals surface area contributed by atoms with Gasteiger partial charge in [0, 0.05) is 50.7 Å². The van der Waals surface area contributed by atoms with Gasteiger partial charge in [0.1, 0.15) is 0 Å². The van der Waals surface area contributed by atoms with Gasteiger partial charge in [-0.05, 0) is 30.7 Å². The molecule has 0 radical (unpaired) electrons. The number of hydrogen-bond donors (Lipinski definition) is 0. The Morgan fingerprint density at radius 2 is 1.96 bits per heavy atom. The predicted molar refractivity (Wildman–Crippen MR) is 102 cm³/mol. The van der Waals surface area contributed by atoms with E-state index in [0.717, 1.165) is 30.8 Å². The second kappa shape index (κ2) is 7.22. The molecular formula is C19H22N6O2. The van der Waals surface area contributed by atoms with Crippen molar-refractivity contribution in [3.8, 4) is 17.3 Å². The number of anilines is 2. The molecule has 0 bridgehead atoms. The second-order valence-corrected chi connectivity index (χ2v) is 6.72. The van der Waals surface area contributed by atoms with Gasteiger partial charge in [0.05, 0.1) is 13.0 Å². The van der Waals surface area contributed by atoms with Crippen molar-refractivity contribution in [2.45, 2.75) is 12.3 Å². The topological polar surface area (TPSA) is 80.4 Å². The van der Waals surface area contributed by atoms with Gasteiger partial charge in [0.25, 0.3) is 0 Å². The largest absolute Gasteiger partial charge is 0.481 e. The van der Waals surface area contributed by atoms with Crippen LogP contribution in [-0.2, 0) is 0 Å². The van der Waals surface area contributed by atoms with Crippen LogP contribution in [0, 0.1) is 0 Å². The van der Waals surface area contributed by atoms with Crippen LogP contribution < -0.4 is 14.5 Å². The highest BCUT2D eigenvalue weighted by Gasteiger charge is 2.30. The molecule has 0 N–H and O–H groups in total. The number of methoxy groups -OCH3 is 1. The quantitative estimate of drug-likeness (QED) is 0.682. The molecule has 1 atom stereocenters. The molecule has 3 heterocycles. The fourth-order valence-corrected chi connectivity index (χ4v) is 3.16. The van der Waals surface area contributed by atoms with Crippen molar-refractivity contribution in [1.29, 1.82) is 0 Å². The molecule has 4 rings (SSSR count). The molecule has 27 heavy (non-hydrogen) atoms. The van der Waals surface area contributed by atoms with Crippen molar-refractivity contribution in [2.75, 3.05) is 44.1 Å². The molecule has 3 aromatic rings. The summed E-state index contributed by atoms with van der Waals surface area (Å²) in [5.41, 5.74) is 2.05. The van der Waals surface area contributed by atoms with E-state index in [0.29, 0.717) is 23.6 Å². The van der Waals surface area contributed by atoms with E-state index in [-0.39, 0.29) is 5.92 Å². The Labute approximate surface area is 157 Å². The summed E-state index contributed by atoms with van der Waals surface area (Å²) in [6.07, 6.45) is 2.62. The highest BCUT2D eigenvalue weighted by molar-refractivity contribution is 5.58. The first-order valence-corrected chi connectivity index (χ1v) is 8.87. The Hall–Kier alpha value is -3.16. The van der Waals surface area contributed by atoms with E-state index in [4.69, 9.17) is 9.15 Å². The maximum Gasteiger partial charge on any atom is 0.247 e. The summed E-state index contributed by atoms with van der Waals surface area (Å²) in [6, 6.07) is 9.81. The average Bonchev–Trinajstić information content (AvgIpc) is 3.38. The van der Waals surface area contributed by atoms with Crippen molar-refractivity contribution in [1.82, 2.24) is 20.2 Å². The van der Waals surface area contributed by atoms with Gasteiger partial charge < -0.3 is 19.0 Å². The Balaban J connectivity index is 1.47. The second-order valence-electron chi connectivity index (χ2n) is 6.72. The lowest BCUT2D eigenvalue weighted by atomic mass is 10.1. The van der Waals surface area contributed by atoms with E-state index in [1.165, 1.54) is 0 Å². The number of aromatic nitrogens is 4. The van der Waals surface area contributed by atoms with E-state index in [2.05, 4.69) is 30.0 Å². The fourth-order valence-electron chi connectivity index (χ4n) is 3.16. The zero-order valence-corrected chi connectivity index (χ0v) is 15.7. The van der Waals surface area contributed by atoms with Gasteiger partial charge in [0.2, 0.25) is 23.6 Å². The van der Waals surface area contributed by atoms with Crippen LogP contribution in [0.4, 0.5) is 11.6 Å². The summed E-state index contributed by atoms with van der Waals surface area (Å²) in [4.78, 5) is 12.9. The SMILES string of the molecule is COc1ccnc(N2CCC(c3nnc(-c4ccc(N(C)C)cc4)o3)C2)n1. The molecule has 1 unspecified atom stereocenters. The Kier molecular flexibility index (Phi) is 4.62. The Bertz CT molecular complexity index is 909. The molecular weight excluding hydrogens is 344 g/mol. The van der Waals surface area contributed by atoms with Crippen LogP contribution >= 0.6 is 0 Å². The van der Waals surface area contributed by atoms with Crippen LogP contribution in [0.3, 0.4) is 0 Å². The summed E-state index contributed by atoms with van der Waals surface area (Å²) >= 11 is 0. The molecule has 1 saturated heterocycles. The van der Waals surface area contributed by atoms with Crippen LogP contribution in [0.25, 0.3) is 11.5 Å². The first kappa shape index (κ1) is 17.3. The molecule has 0 saturated carbocycles. The number of ether oxygens (including phenoxy) is 1. The third-order valence-electron chi connectivity index (χ3n) is 4.72. The summed E-state index contributed by atoms with van der Waals surface area (Å²) in [6.45, 7) is 1.58. The van der Waals surface area contributed by atoms with Gasteiger partial charge in [-0.25, -0.2) is 4.98 Å². The minimum Gasteiger partial charge on any atom is -0.481 e. The van der Waals surface area contributed by atoms with Crippen LogP contribution in [0.15, 0.2) is 40.9 Å². The van der Waals surface area contributed by atoms with Gasteiger partial charge in [-0.2, -0.15) is 4.98 Å². The van der Waals surface area contributed by atoms with Gasteiger partial charge in [-0.3, -0.25) is 0 Å². The van der Waals surface area contributed by atoms with E-state index in [1.54, 1.807) is 19.4 Å². The molecule has 0 aliphatic carbocycles. The third kappa shape index (κ3) is 3.55. The zero-order chi connectivity index (χ0) is 18.8. The predicted octanol–water partition coefficient (Wildman–Crippen LogP) is 2.60. The number of rotatable bonds is 5. The molecule has 2 aromatic heterocycles. The van der Waals surface area contributed by atoms with Crippen molar-refractivity contribution in [3.05, 3.63) is 42.4 Å². The maximum absolute atomic E-state index is 5.96. The summed E-state index contributed by atoms with van der Waals surface area (Å²) in [5.74, 6) is 2.60. The van der Waals surface area contributed by atoms with E-state index < -0.39 is 0 Å². The van der Waals surface area contributed by atoms with Gasteiger partial charge >= 0.3 is 0 Å². The highest BCUT2D eigenvalue weighted by Crippen LogP contribution is 2.31. The minimum atomic E-state index is 0.169. The number of benzene rings is 1. The molecule has 140 valence electrons. The first-order valence-electron chi connectivity index (χ1n) is 8.87. The molecule has 1 aliphatic rings. The molecule has 1 aromatic carbocycles. The monoisotopic (exact) mass is 366 g/mol. The highest BCUT2D eigenvalue weighted by atomic mass is 16.5. The maximum atomic E-state index is 5.96. The van der Waals surface area contributed by atoms with Crippen molar-refractivity contribution < 1.29 is 9.15 Å². The average molecular weight is 366 g/mol. The summed E-state index contributed by atoms with van der Waals surface area (Å²) in [7, 11) is 5.62. The first-order chi connectivity index (χ1) is 13.1. The van der Waals surface area contributed by atoms with Gasteiger partial charge in [-0.15, -0.1) is 10.2 Å². The van der Waals surface area contributed by atoms with Crippen LogP contribution in [0.5, 0.6) is 5.88 Å². The minimum absolute atomic E-state index is 0.169. The normalized spacial score (nSPS) is 16.6. The van der Waals surface area contributed by atoms with E-state index in [9.17, 15) is 0 Å². The van der Waals surface area contributed by atoms with E-state index in [1.807, 2.05) is 38.4 Å². The Morgan fingerprint density at radius 3 is 2.70 bits per heavy atom. The lowest BCUT2D eigenvalue weighted by molar-refractivity contribution is 0.397. The Morgan fingerprint density at radius 1 is 1.15 bits per heavy atom. The van der Waals surface area contributed by atoms with E-state index >= 15 is 0 Å². The molecule has 8 nitrogen and oxygen atoms in total. The summed E-state index contributed by atoms with van der Waals surface area (Å²) < 4.78 is 11.1. The zero-order valence-electron chi connectivity index (χ0n) is 15.7. The van der Waals surface area contributed by atoms with Crippen molar-refractivity contribution >= 4 is 11.6 Å². The van der Waals surface area contributed by atoms with Crippen molar-refractivity contribution in [3.63, 3.8) is 0 Å². The number of hydrogen-bond acceptors (Lipinski definition) is 8. The number of nitrogens with zero attached hydrogens (tertiary/aromatic N) is 6. The van der Waals surface area contributed by atoms with Crippen LogP contribution in [0.1, 0.15) is 18.2 Å². The molecule has 1 aliphatic heterocycles. The molecule has 8 heteroatoms. The lowest BCUT2D eigenvalue weighted by Crippen LogP contribution is -2.21. The van der Waals surface area contributed by atoms with Crippen LogP contribution in [-0.4, -0.2) is 54.5 Å². The lowest BCUT2D eigenvalue weighted by Gasteiger charge is -2.15. The molecule has 1 fully saturated rings. The smallest absolute Gasteiger partial charge is 0.247 e.